The van der Waals surface area contributed by atoms with Crippen LogP contribution in [-0.2, 0) is 4.79 Å². The molecule has 2 aromatic rings. The van der Waals surface area contributed by atoms with Crippen LogP contribution in [0.2, 0.25) is 5.02 Å². The summed E-state index contributed by atoms with van der Waals surface area (Å²) >= 11 is 6.14. The van der Waals surface area contributed by atoms with Gasteiger partial charge in [0.1, 0.15) is 5.75 Å². The Kier molecular flexibility index (Phi) is 6.89. The number of hydrogen-bond donors (Lipinski definition) is 1. The Hall–Kier alpha value is -2.00. The molecule has 2 rings (SSSR count). The molecular weight excluding hydrogens is 334 g/mol. The van der Waals surface area contributed by atoms with Crippen LogP contribution in [0.5, 0.6) is 5.75 Å². The van der Waals surface area contributed by atoms with E-state index in [2.05, 4.69) is 44.3 Å². The second kappa shape index (κ2) is 8.91. The number of para-hydroxylation sites is 1. The fraction of sp³-hybridized carbons (Fsp3) is 0.381. The second-order valence-corrected chi connectivity index (χ2v) is 6.68. The Morgan fingerprint density at radius 2 is 1.84 bits per heavy atom. The molecule has 0 aliphatic heterocycles. The van der Waals surface area contributed by atoms with Crippen LogP contribution in [0.1, 0.15) is 49.4 Å². The number of nitrogens with one attached hydrogen (secondary N) is 1. The van der Waals surface area contributed by atoms with E-state index in [-0.39, 0.29) is 11.9 Å². The lowest BCUT2D eigenvalue weighted by molar-refractivity contribution is -0.128. The van der Waals surface area contributed by atoms with Crippen molar-refractivity contribution in [1.29, 1.82) is 0 Å². The zero-order valence-corrected chi connectivity index (χ0v) is 16.1. The molecule has 0 fully saturated rings. The lowest BCUT2D eigenvalue weighted by atomic mass is 9.97. The summed E-state index contributed by atoms with van der Waals surface area (Å²) in [6, 6.07) is 13.5. The molecule has 0 radical (unpaired) electrons. The molecule has 25 heavy (non-hydrogen) atoms. The van der Waals surface area contributed by atoms with E-state index in [1.165, 1.54) is 11.1 Å². The summed E-state index contributed by atoms with van der Waals surface area (Å²) in [5, 5.41) is 3.64. The van der Waals surface area contributed by atoms with Gasteiger partial charge in [0, 0.05) is 0 Å². The van der Waals surface area contributed by atoms with Gasteiger partial charge >= 0.3 is 0 Å². The molecule has 0 aliphatic rings. The third-order valence-corrected chi connectivity index (χ3v) is 4.61. The zero-order chi connectivity index (χ0) is 18.4. The molecule has 1 N–H and O–H groups in total. The van der Waals surface area contributed by atoms with Gasteiger partial charge in [-0.25, -0.2) is 0 Å². The average Bonchev–Trinajstić information content (AvgIpc) is 2.59. The van der Waals surface area contributed by atoms with Crippen LogP contribution in [0.25, 0.3) is 0 Å². The van der Waals surface area contributed by atoms with Crippen LogP contribution in [0.3, 0.4) is 0 Å². The zero-order valence-electron chi connectivity index (χ0n) is 15.3. The third kappa shape index (κ3) is 4.99. The molecule has 0 aliphatic carbocycles. The monoisotopic (exact) mass is 359 g/mol. The van der Waals surface area contributed by atoms with Gasteiger partial charge in [0.15, 0.2) is 6.10 Å². The molecule has 0 saturated carbocycles. The fourth-order valence-electron chi connectivity index (χ4n) is 2.90. The number of ether oxygens (including phenoxy) is 1. The molecule has 2 unspecified atom stereocenters. The Morgan fingerprint density at radius 1 is 1.12 bits per heavy atom. The smallest absolute Gasteiger partial charge is 0.261 e. The first-order valence-corrected chi connectivity index (χ1v) is 9.12. The maximum atomic E-state index is 12.7. The van der Waals surface area contributed by atoms with E-state index < -0.39 is 6.10 Å². The molecule has 0 spiro atoms. The number of benzene rings is 2. The van der Waals surface area contributed by atoms with Crippen molar-refractivity contribution in [2.75, 3.05) is 0 Å². The summed E-state index contributed by atoms with van der Waals surface area (Å²) < 4.78 is 5.84. The lowest BCUT2D eigenvalue weighted by Gasteiger charge is -2.24. The van der Waals surface area contributed by atoms with E-state index >= 15 is 0 Å². The van der Waals surface area contributed by atoms with Gasteiger partial charge in [-0.3, -0.25) is 4.79 Å². The van der Waals surface area contributed by atoms with Crippen LogP contribution in [0.4, 0.5) is 0 Å². The lowest BCUT2D eigenvalue weighted by Crippen LogP contribution is -2.40. The average molecular weight is 360 g/mol. The predicted molar refractivity (Wildman–Crippen MR) is 103 cm³/mol. The van der Waals surface area contributed by atoms with Gasteiger partial charge in [0.2, 0.25) is 0 Å². The second-order valence-electron chi connectivity index (χ2n) is 6.27. The van der Waals surface area contributed by atoms with Gasteiger partial charge in [-0.2, -0.15) is 0 Å². The first kappa shape index (κ1) is 19.3. The predicted octanol–water partition coefficient (Wildman–Crippen LogP) is 5.38. The highest BCUT2D eigenvalue weighted by molar-refractivity contribution is 6.32. The molecule has 134 valence electrons. The number of carbonyl (C=O) groups excluding carboxylic acids is 1. The third-order valence-electron chi connectivity index (χ3n) is 4.29. The summed E-state index contributed by atoms with van der Waals surface area (Å²) in [5.41, 5.74) is 3.55. The van der Waals surface area contributed by atoms with Crippen molar-refractivity contribution >= 4 is 17.5 Å². The van der Waals surface area contributed by atoms with Crippen molar-refractivity contribution in [2.45, 2.75) is 52.7 Å². The fourth-order valence-corrected chi connectivity index (χ4v) is 3.08. The molecule has 2 aromatic carbocycles. The van der Waals surface area contributed by atoms with Crippen molar-refractivity contribution in [2.24, 2.45) is 0 Å². The standard InChI is InChI=1S/C21H26ClNO2/c1-5-18(16-12-11-14(3)13-15(16)4)23-21(24)19(6-2)25-20-10-8-7-9-17(20)22/h7-13,18-19H,5-6H2,1-4H3,(H,23,24). The number of aryl methyl sites for hydroxylation is 2. The molecular formula is C21H26ClNO2. The van der Waals surface area contributed by atoms with E-state index in [0.29, 0.717) is 17.2 Å². The Bertz CT molecular complexity index is 730. The summed E-state index contributed by atoms with van der Waals surface area (Å²) in [5.74, 6) is 0.417. The van der Waals surface area contributed by atoms with Crippen LogP contribution >= 0.6 is 11.6 Å². The van der Waals surface area contributed by atoms with Gasteiger partial charge in [0.05, 0.1) is 11.1 Å². The van der Waals surface area contributed by atoms with Crippen molar-refractivity contribution in [1.82, 2.24) is 5.32 Å². The Morgan fingerprint density at radius 3 is 2.44 bits per heavy atom. The first-order chi connectivity index (χ1) is 12.0. The Balaban J connectivity index is 2.12. The number of halogens is 1. The van der Waals surface area contributed by atoms with Gasteiger partial charge in [0.25, 0.3) is 5.91 Å². The minimum absolute atomic E-state index is 0.0306. The molecule has 0 bridgehead atoms. The van der Waals surface area contributed by atoms with Crippen molar-refractivity contribution in [3.05, 3.63) is 64.2 Å². The van der Waals surface area contributed by atoms with E-state index in [1.807, 2.05) is 19.1 Å². The molecule has 1 amide bonds. The maximum absolute atomic E-state index is 12.7. The number of carbonyl (C=O) groups is 1. The van der Waals surface area contributed by atoms with E-state index in [4.69, 9.17) is 16.3 Å². The van der Waals surface area contributed by atoms with Crippen molar-refractivity contribution in [3.8, 4) is 5.75 Å². The normalized spacial score (nSPS) is 13.2. The van der Waals surface area contributed by atoms with Gasteiger partial charge < -0.3 is 10.1 Å². The Labute approximate surface area is 155 Å². The van der Waals surface area contributed by atoms with Crippen LogP contribution in [-0.4, -0.2) is 12.0 Å². The number of rotatable bonds is 7. The summed E-state index contributed by atoms with van der Waals surface area (Å²) in [7, 11) is 0. The van der Waals surface area contributed by atoms with Gasteiger partial charge in [-0.05, 0) is 49.9 Å². The summed E-state index contributed by atoms with van der Waals surface area (Å²) in [4.78, 5) is 12.7. The van der Waals surface area contributed by atoms with Gasteiger partial charge in [-0.1, -0.05) is 61.3 Å². The van der Waals surface area contributed by atoms with Gasteiger partial charge in [-0.15, -0.1) is 0 Å². The maximum Gasteiger partial charge on any atom is 0.261 e. The number of amides is 1. The molecule has 0 saturated heterocycles. The highest BCUT2D eigenvalue weighted by Gasteiger charge is 2.23. The number of hydrogen-bond acceptors (Lipinski definition) is 2. The quantitative estimate of drug-likeness (QED) is 0.720. The molecule has 2 atom stereocenters. The SMILES string of the molecule is CCC(Oc1ccccc1Cl)C(=O)NC(CC)c1ccc(C)cc1C. The molecule has 3 nitrogen and oxygen atoms in total. The largest absolute Gasteiger partial charge is 0.479 e. The van der Waals surface area contributed by atoms with E-state index in [0.717, 1.165) is 12.0 Å². The van der Waals surface area contributed by atoms with Crippen molar-refractivity contribution < 1.29 is 9.53 Å². The highest BCUT2D eigenvalue weighted by atomic mass is 35.5. The highest BCUT2D eigenvalue weighted by Crippen LogP contribution is 2.26. The minimum atomic E-state index is -0.570. The van der Waals surface area contributed by atoms with Crippen LogP contribution in [0, 0.1) is 13.8 Å². The molecule has 4 heteroatoms. The molecule has 0 aromatic heterocycles. The topological polar surface area (TPSA) is 38.3 Å². The molecule has 0 heterocycles. The van der Waals surface area contributed by atoms with E-state index in [1.54, 1.807) is 12.1 Å². The summed E-state index contributed by atoms with van der Waals surface area (Å²) in [6.45, 7) is 8.15. The van der Waals surface area contributed by atoms with Crippen LogP contribution < -0.4 is 10.1 Å². The van der Waals surface area contributed by atoms with Crippen LogP contribution in [0.15, 0.2) is 42.5 Å². The summed E-state index contributed by atoms with van der Waals surface area (Å²) in [6.07, 6.45) is 0.818. The minimum Gasteiger partial charge on any atom is -0.479 e. The van der Waals surface area contributed by atoms with E-state index in [9.17, 15) is 4.79 Å². The first-order valence-electron chi connectivity index (χ1n) is 8.75. The van der Waals surface area contributed by atoms with Crippen molar-refractivity contribution in [3.63, 3.8) is 0 Å².